The lowest BCUT2D eigenvalue weighted by molar-refractivity contribution is -0.127. The number of benzene rings is 1. The van der Waals surface area contributed by atoms with Crippen LogP contribution in [-0.4, -0.2) is 43.5 Å². The predicted octanol–water partition coefficient (Wildman–Crippen LogP) is 1.61. The summed E-state index contributed by atoms with van der Waals surface area (Å²) in [7, 11) is 5.34. The van der Waals surface area contributed by atoms with E-state index in [-0.39, 0.29) is 5.91 Å². The van der Waals surface area contributed by atoms with Gasteiger partial charge in [-0.25, -0.2) is 0 Å². The second-order valence-corrected chi connectivity index (χ2v) is 5.47. The smallest absolute Gasteiger partial charge is 0.241 e. The van der Waals surface area contributed by atoms with E-state index in [2.05, 4.69) is 15.9 Å². The number of nitrogens with two attached hydrogens (primary N) is 1. The highest BCUT2D eigenvalue weighted by molar-refractivity contribution is 9.10. The molecule has 0 aromatic heterocycles. The van der Waals surface area contributed by atoms with Gasteiger partial charge in [0.15, 0.2) is 0 Å². The molecule has 6 heteroatoms. The summed E-state index contributed by atoms with van der Waals surface area (Å²) in [6.07, 6.45) is 0. The number of carbonyl (C=O) groups excluding carboxylic acids is 1. The van der Waals surface area contributed by atoms with Crippen LogP contribution in [0, 0.1) is 0 Å². The second-order valence-electron chi connectivity index (χ2n) is 4.17. The van der Waals surface area contributed by atoms with Crippen LogP contribution in [0.25, 0.3) is 0 Å². The van der Waals surface area contributed by atoms with Crippen LogP contribution in [0.15, 0.2) is 22.7 Å². The van der Waals surface area contributed by atoms with E-state index in [1.165, 1.54) is 0 Å². The van der Waals surface area contributed by atoms with E-state index < -0.39 is 0 Å². The molecule has 0 fully saturated rings. The zero-order chi connectivity index (χ0) is 13.9. The third kappa shape index (κ3) is 3.68. The van der Waals surface area contributed by atoms with E-state index in [9.17, 15) is 4.79 Å². The van der Waals surface area contributed by atoms with Gasteiger partial charge in [0.2, 0.25) is 5.91 Å². The highest BCUT2D eigenvalue weighted by Crippen LogP contribution is 2.23. The van der Waals surface area contributed by atoms with Crippen molar-refractivity contribution in [2.45, 2.75) is 0 Å². The molecule has 1 amide bonds. The summed E-state index contributed by atoms with van der Waals surface area (Å²) >= 11 is 8.36. The molecule has 0 aliphatic heterocycles. The summed E-state index contributed by atoms with van der Waals surface area (Å²) in [4.78, 5) is 15.4. The molecule has 0 aliphatic rings. The molecular weight excluding hydrogens is 314 g/mol. The van der Waals surface area contributed by atoms with Crippen LogP contribution in [-0.2, 0) is 4.79 Å². The average molecular weight is 330 g/mol. The Morgan fingerprint density at radius 1 is 1.39 bits per heavy atom. The Balaban J connectivity index is 2.88. The highest BCUT2D eigenvalue weighted by Gasteiger charge is 2.11. The molecule has 0 aliphatic carbocycles. The molecule has 0 heterocycles. The minimum atomic E-state index is 0.0482. The van der Waals surface area contributed by atoms with E-state index in [1.807, 2.05) is 30.1 Å². The maximum absolute atomic E-state index is 11.6. The van der Waals surface area contributed by atoms with Crippen molar-refractivity contribution in [2.24, 2.45) is 5.73 Å². The minimum absolute atomic E-state index is 0.0482. The summed E-state index contributed by atoms with van der Waals surface area (Å²) in [5.74, 6) is 0.0482. The van der Waals surface area contributed by atoms with Gasteiger partial charge in [-0.1, -0.05) is 12.2 Å². The van der Waals surface area contributed by atoms with Crippen LogP contribution in [0.1, 0.15) is 5.56 Å². The number of anilines is 1. The van der Waals surface area contributed by atoms with Gasteiger partial charge in [-0.3, -0.25) is 4.79 Å². The van der Waals surface area contributed by atoms with Crippen molar-refractivity contribution in [3.63, 3.8) is 0 Å². The molecule has 0 radical (unpaired) electrons. The maximum atomic E-state index is 11.6. The molecular formula is C12H16BrN3OS. The number of amides is 1. The van der Waals surface area contributed by atoms with Crippen molar-refractivity contribution < 1.29 is 4.79 Å². The molecule has 4 nitrogen and oxygen atoms in total. The Morgan fingerprint density at radius 2 is 2.00 bits per heavy atom. The van der Waals surface area contributed by atoms with Gasteiger partial charge in [-0.2, -0.15) is 0 Å². The highest BCUT2D eigenvalue weighted by atomic mass is 79.9. The molecule has 1 aromatic rings. The topological polar surface area (TPSA) is 49.6 Å². The lowest BCUT2D eigenvalue weighted by Crippen LogP contribution is -2.34. The molecule has 98 valence electrons. The zero-order valence-corrected chi connectivity index (χ0v) is 13.0. The number of carbonyl (C=O) groups is 1. The number of thiocarbonyl (C=S) groups is 1. The third-order valence-corrected chi connectivity index (χ3v) is 3.41. The molecule has 18 heavy (non-hydrogen) atoms. The van der Waals surface area contributed by atoms with Crippen molar-refractivity contribution >= 4 is 44.7 Å². The molecule has 0 unspecified atom stereocenters. The van der Waals surface area contributed by atoms with Crippen LogP contribution in [0.3, 0.4) is 0 Å². The van der Waals surface area contributed by atoms with Crippen LogP contribution in [0.5, 0.6) is 0 Å². The fraction of sp³-hybridized carbons (Fsp3) is 0.333. The van der Waals surface area contributed by atoms with Crippen molar-refractivity contribution in [2.75, 3.05) is 32.6 Å². The van der Waals surface area contributed by atoms with Gasteiger partial charge >= 0.3 is 0 Å². The summed E-state index contributed by atoms with van der Waals surface area (Å²) in [6.45, 7) is 0.325. The quantitative estimate of drug-likeness (QED) is 0.852. The lowest BCUT2D eigenvalue weighted by Gasteiger charge is -2.21. The van der Waals surface area contributed by atoms with E-state index in [0.717, 1.165) is 15.7 Å². The molecule has 0 bridgehead atoms. The minimum Gasteiger partial charge on any atom is -0.389 e. The summed E-state index contributed by atoms with van der Waals surface area (Å²) in [5.41, 5.74) is 7.31. The first kappa shape index (κ1) is 14.9. The number of hydrogen-bond acceptors (Lipinski definition) is 3. The molecule has 2 N–H and O–H groups in total. The SMILES string of the molecule is CN(C)C(=O)CN(C)c1ccc(C(N)=S)c(Br)c1. The number of halogens is 1. The maximum Gasteiger partial charge on any atom is 0.241 e. The summed E-state index contributed by atoms with van der Waals surface area (Å²) < 4.78 is 0.830. The van der Waals surface area contributed by atoms with Crippen LogP contribution >= 0.6 is 28.1 Å². The Hall–Kier alpha value is -1.14. The first-order valence-electron chi connectivity index (χ1n) is 5.33. The fourth-order valence-corrected chi connectivity index (χ4v) is 2.27. The van der Waals surface area contributed by atoms with E-state index in [1.54, 1.807) is 19.0 Å². The summed E-state index contributed by atoms with van der Waals surface area (Å²) in [5, 5.41) is 0. The van der Waals surface area contributed by atoms with Gasteiger partial charge in [0.25, 0.3) is 0 Å². The molecule has 0 saturated heterocycles. The van der Waals surface area contributed by atoms with E-state index in [0.29, 0.717) is 11.5 Å². The van der Waals surface area contributed by atoms with E-state index >= 15 is 0 Å². The standard InChI is InChI=1S/C12H16BrN3OS/c1-15(2)11(17)7-16(3)8-4-5-9(12(14)18)10(13)6-8/h4-6H,7H2,1-3H3,(H2,14,18). The van der Waals surface area contributed by atoms with E-state index in [4.69, 9.17) is 18.0 Å². The molecule has 1 aromatic carbocycles. The molecule has 0 saturated carbocycles. The average Bonchev–Trinajstić information content (AvgIpc) is 2.27. The normalized spacial score (nSPS) is 10.0. The first-order chi connectivity index (χ1) is 8.32. The van der Waals surface area contributed by atoms with Gasteiger partial charge < -0.3 is 15.5 Å². The zero-order valence-electron chi connectivity index (χ0n) is 10.6. The van der Waals surface area contributed by atoms with Gasteiger partial charge in [-0.05, 0) is 34.1 Å². The third-order valence-electron chi connectivity index (χ3n) is 2.53. The number of hydrogen-bond donors (Lipinski definition) is 1. The Bertz CT molecular complexity index is 476. The Labute approximate surface area is 121 Å². The van der Waals surface area contributed by atoms with Gasteiger partial charge in [-0.15, -0.1) is 0 Å². The van der Waals surface area contributed by atoms with Crippen molar-refractivity contribution in [1.29, 1.82) is 0 Å². The van der Waals surface area contributed by atoms with Gasteiger partial charge in [0.05, 0.1) is 6.54 Å². The predicted molar refractivity (Wildman–Crippen MR) is 82.0 cm³/mol. The second kappa shape index (κ2) is 6.15. The fourth-order valence-electron chi connectivity index (χ4n) is 1.38. The van der Waals surface area contributed by atoms with Crippen LogP contribution in [0.4, 0.5) is 5.69 Å². The van der Waals surface area contributed by atoms with Crippen LogP contribution < -0.4 is 10.6 Å². The molecule has 0 atom stereocenters. The first-order valence-corrected chi connectivity index (χ1v) is 6.53. The summed E-state index contributed by atoms with van der Waals surface area (Å²) in [6, 6.07) is 5.64. The van der Waals surface area contributed by atoms with Crippen molar-refractivity contribution in [3.05, 3.63) is 28.2 Å². The molecule has 1 rings (SSSR count). The largest absolute Gasteiger partial charge is 0.389 e. The van der Waals surface area contributed by atoms with Gasteiger partial charge in [0.1, 0.15) is 4.99 Å². The van der Waals surface area contributed by atoms with Gasteiger partial charge in [0, 0.05) is 36.9 Å². The van der Waals surface area contributed by atoms with Crippen LogP contribution in [0.2, 0.25) is 0 Å². The Morgan fingerprint density at radius 3 is 2.44 bits per heavy atom. The molecule has 0 spiro atoms. The van der Waals surface area contributed by atoms with Crippen molar-refractivity contribution in [3.8, 4) is 0 Å². The van der Waals surface area contributed by atoms with Crippen molar-refractivity contribution in [1.82, 2.24) is 4.90 Å². The Kier molecular flexibility index (Phi) is 5.10. The number of nitrogens with zero attached hydrogens (tertiary/aromatic N) is 2. The lowest BCUT2D eigenvalue weighted by atomic mass is 10.2. The number of rotatable bonds is 4. The monoisotopic (exact) mass is 329 g/mol. The number of likely N-dealkylation sites (N-methyl/N-ethyl adjacent to an activating group) is 2.